The summed E-state index contributed by atoms with van der Waals surface area (Å²) in [5.74, 6) is -0.469. The molecule has 0 unspecified atom stereocenters. The third-order valence-corrected chi connectivity index (χ3v) is 5.08. The average molecular weight is 433 g/mol. The molecule has 0 atom stereocenters. The second-order valence-electron chi connectivity index (χ2n) is 7.66. The van der Waals surface area contributed by atoms with Crippen LogP contribution in [0.5, 0.6) is 0 Å². The van der Waals surface area contributed by atoms with E-state index in [-0.39, 0.29) is 29.8 Å². The molecule has 0 bridgehead atoms. The van der Waals surface area contributed by atoms with Crippen LogP contribution < -0.4 is 0 Å². The van der Waals surface area contributed by atoms with Crippen molar-refractivity contribution in [3.63, 3.8) is 0 Å². The van der Waals surface area contributed by atoms with Gasteiger partial charge >= 0.3 is 5.97 Å². The Hall–Kier alpha value is -3.94. The summed E-state index contributed by atoms with van der Waals surface area (Å²) in [5, 5.41) is 4.35. The summed E-state index contributed by atoms with van der Waals surface area (Å²) in [5.41, 5.74) is 2.32. The van der Waals surface area contributed by atoms with E-state index in [4.69, 9.17) is 13.7 Å². The molecule has 0 spiro atoms. The molecule has 0 N–H and O–H groups in total. The molecule has 8 heteroatoms. The first-order chi connectivity index (χ1) is 15.4. The van der Waals surface area contributed by atoms with Gasteiger partial charge in [0, 0.05) is 12.6 Å². The third kappa shape index (κ3) is 4.39. The van der Waals surface area contributed by atoms with Crippen LogP contribution in [0.15, 0.2) is 63.7 Å². The normalized spacial score (nSPS) is 11.1. The number of aromatic nitrogens is 2. The van der Waals surface area contributed by atoms with Gasteiger partial charge in [0.25, 0.3) is 11.6 Å². The first kappa shape index (κ1) is 21.3. The second kappa shape index (κ2) is 9.05. The molecule has 164 valence electrons. The van der Waals surface area contributed by atoms with Gasteiger partial charge in [-0.3, -0.25) is 4.79 Å². The summed E-state index contributed by atoms with van der Waals surface area (Å²) >= 11 is 0. The number of carbonyl (C=O) groups excluding carboxylic acids is 2. The first-order valence-corrected chi connectivity index (χ1v) is 10.3. The number of fused-ring (bicyclic) bond motifs is 1. The van der Waals surface area contributed by atoms with Gasteiger partial charge in [0.05, 0.1) is 22.9 Å². The van der Waals surface area contributed by atoms with E-state index in [9.17, 15) is 9.59 Å². The minimum absolute atomic E-state index is 0.0556. The summed E-state index contributed by atoms with van der Waals surface area (Å²) in [4.78, 5) is 31.9. The maximum atomic E-state index is 13.0. The van der Waals surface area contributed by atoms with E-state index < -0.39 is 5.97 Å². The average Bonchev–Trinajstić information content (AvgIpc) is 3.46. The molecule has 3 aromatic heterocycles. The summed E-state index contributed by atoms with van der Waals surface area (Å²) < 4.78 is 16.0. The number of pyridine rings is 1. The van der Waals surface area contributed by atoms with Crippen LogP contribution in [0.25, 0.3) is 22.6 Å². The molecular formula is C24H23N3O5. The Bertz CT molecular complexity index is 1230. The Kier molecular flexibility index (Phi) is 6.02. The molecule has 0 fully saturated rings. The van der Waals surface area contributed by atoms with Crippen LogP contribution >= 0.6 is 0 Å². The van der Waals surface area contributed by atoms with Crippen molar-refractivity contribution in [1.82, 2.24) is 15.0 Å². The number of ether oxygens (including phenoxy) is 1. The van der Waals surface area contributed by atoms with Gasteiger partial charge in [0.1, 0.15) is 5.69 Å². The van der Waals surface area contributed by atoms with E-state index in [0.29, 0.717) is 29.1 Å². The highest BCUT2D eigenvalue weighted by atomic mass is 16.5. The highest BCUT2D eigenvalue weighted by Crippen LogP contribution is 2.27. The van der Waals surface area contributed by atoms with Crippen LogP contribution in [0.1, 0.15) is 35.5 Å². The van der Waals surface area contributed by atoms with Gasteiger partial charge in [0.15, 0.2) is 12.4 Å². The van der Waals surface area contributed by atoms with Gasteiger partial charge < -0.3 is 18.6 Å². The summed E-state index contributed by atoms with van der Waals surface area (Å²) in [6.07, 6.45) is 1.51. The van der Waals surface area contributed by atoms with Crippen molar-refractivity contribution in [2.24, 2.45) is 0 Å². The molecule has 1 aromatic carbocycles. The van der Waals surface area contributed by atoms with E-state index in [1.165, 1.54) is 6.26 Å². The molecule has 3 heterocycles. The van der Waals surface area contributed by atoms with Gasteiger partial charge in [-0.15, -0.1) is 0 Å². The maximum Gasteiger partial charge on any atom is 0.339 e. The standard InChI is InChI=1S/C24H23N3O5/c1-15(2)27(13-17-8-5-4-6-9-17)21(28)14-31-24(29)18-12-19(20-10-7-11-30-20)25-23-22(18)16(3)26-32-23/h4-12,15H,13-14H2,1-3H3. The molecule has 0 saturated carbocycles. The van der Waals surface area contributed by atoms with Gasteiger partial charge in [-0.05, 0) is 44.5 Å². The first-order valence-electron chi connectivity index (χ1n) is 10.3. The maximum absolute atomic E-state index is 13.0. The molecule has 1 amide bonds. The smallest absolute Gasteiger partial charge is 0.339 e. The molecule has 0 aliphatic carbocycles. The van der Waals surface area contributed by atoms with Crippen molar-refractivity contribution < 1.29 is 23.3 Å². The molecule has 0 aliphatic heterocycles. The van der Waals surface area contributed by atoms with Gasteiger partial charge in [0.2, 0.25) is 0 Å². The van der Waals surface area contributed by atoms with E-state index >= 15 is 0 Å². The number of hydrogen-bond acceptors (Lipinski definition) is 7. The molecule has 8 nitrogen and oxygen atoms in total. The Labute approximate surface area is 184 Å². The van der Waals surface area contributed by atoms with E-state index in [1.54, 1.807) is 30.0 Å². The fourth-order valence-electron chi connectivity index (χ4n) is 3.43. The zero-order valence-electron chi connectivity index (χ0n) is 18.1. The van der Waals surface area contributed by atoms with Crippen molar-refractivity contribution in [2.45, 2.75) is 33.4 Å². The lowest BCUT2D eigenvalue weighted by molar-refractivity contribution is -0.136. The topological polar surface area (TPSA) is 98.7 Å². The van der Waals surface area contributed by atoms with E-state index in [1.807, 2.05) is 44.2 Å². The number of hydrogen-bond donors (Lipinski definition) is 0. The SMILES string of the molecule is Cc1noc2nc(-c3ccco3)cc(C(=O)OCC(=O)N(Cc3ccccc3)C(C)C)c12. The van der Waals surface area contributed by atoms with Crippen LogP contribution in [0.3, 0.4) is 0 Å². The number of furan rings is 1. The van der Waals surface area contributed by atoms with Crippen molar-refractivity contribution in [2.75, 3.05) is 6.61 Å². The lowest BCUT2D eigenvalue weighted by atomic mass is 10.1. The van der Waals surface area contributed by atoms with Crippen molar-refractivity contribution in [3.05, 3.63) is 71.6 Å². The summed E-state index contributed by atoms with van der Waals surface area (Å²) in [6, 6.07) is 14.6. The summed E-state index contributed by atoms with van der Waals surface area (Å²) in [6.45, 7) is 5.61. The predicted octanol–water partition coefficient (Wildman–Crippen LogP) is 4.39. The van der Waals surface area contributed by atoms with Crippen LogP contribution in [0.4, 0.5) is 0 Å². The highest BCUT2D eigenvalue weighted by molar-refractivity contribution is 6.04. The largest absolute Gasteiger partial charge is 0.463 e. The van der Waals surface area contributed by atoms with Crippen LogP contribution in [0, 0.1) is 6.92 Å². The number of amides is 1. The zero-order chi connectivity index (χ0) is 22.7. The Morgan fingerprint density at radius 1 is 1.12 bits per heavy atom. The molecular weight excluding hydrogens is 410 g/mol. The van der Waals surface area contributed by atoms with Gasteiger partial charge in [-0.2, -0.15) is 0 Å². The van der Waals surface area contributed by atoms with Crippen molar-refractivity contribution >= 4 is 23.0 Å². The Balaban J connectivity index is 1.54. The predicted molar refractivity (Wildman–Crippen MR) is 117 cm³/mol. The molecule has 0 radical (unpaired) electrons. The quantitative estimate of drug-likeness (QED) is 0.399. The third-order valence-electron chi connectivity index (χ3n) is 5.08. The Morgan fingerprint density at radius 2 is 1.91 bits per heavy atom. The number of aryl methyl sites for hydroxylation is 1. The number of carbonyl (C=O) groups is 2. The Morgan fingerprint density at radius 3 is 2.59 bits per heavy atom. The minimum atomic E-state index is -0.659. The van der Waals surface area contributed by atoms with Crippen LogP contribution in [-0.4, -0.2) is 39.6 Å². The fourth-order valence-corrected chi connectivity index (χ4v) is 3.43. The minimum Gasteiger partial charge on any atom is -0.463 e. The molecule has 0 aliphatic rings. The van der Waals surface area contributed by atoms with Crippen LogP contribution in [0.2, 0.25) is 0 Å². The molecule has 0 saturated heterocycles. The number of rotatable bonds is 7. The number of benzene rings is 1. The molecule has 32 heavy (non-hydrogen) atoms. The second-order valence-corrected chi connectivity index (χ2v) is 7.66. The van der Waals surface area contributed by atoms with Crippen molar-refractivity contribution in [1.29, 1.82) is 0 Å². The lowest BCUT2D eigenvalue weighted by Crippen LogP contribution is -2.39. The van der Waals surface area contributed by atoms with Crippen LogP contribution in [-0.2, 0) is 16.1 Å². The lowest BCUT2D eigenvalue weighted by Gasteiger charge is -2.26. The summed E-state index contributed by atoms with van der Waals surface area (Å²) in [7, 11) is 0. The van der Waals surface area contributed by atoms with Gasteiger partial charge in [-0.1, -0.05) is 35.5 Å². The van der Waals surface area contributed by atoms with Gasteiger partial charge in [-0.25, -0.2) is 9.78 Å². The molecule has 4 rings (SSSR count). The fraction of sp³-hybridized carbons (Fsp3) is 0.250. The zero-order valence-corrected chi connectivity index (χ0v) is 18.1. The van der Waals surface area contributed by atoms with E-state index in [0.717, 1.165) is 5.56 Å². The number of esters is 1. The molecule has 4 aromatic rings. The van der Waals surface area contributed by atoms with E-state index in [2.05, 4.69) is 10.1 Å². The number of nitrogens with zero attached hydrogens (tertiary/aromatic N) is 3. The highest BCUT2D eigenvalue weighted by Gasteiger charge is 2.24. The van der Waals surface area contributed by atoms with Crippen molar-refractivity contribution in [3.8, 4) is 11.5 Å². The monoisotopic (exact) mass is 433 g/mol.